The zero-order valence-corrected chi connectivity index (χ0v) is 14.8. The number of thiophene rings is 1. The summed E-state index contributed by atoms with van der Waals surface area (Å²) >= 11 is 1.97. The van der Waals surface area contributed by atoms with Crippen LogP contribution in [0.5, 0.6) is 0 Å². The minimum absolute atomic E-state index is 0.428. The summed E-state index contributed by atoms with van der Waals surface area (Å²) in [5.74, 6) is 0.766. The Morgan fingerprint density at radius 3 is 2.52 bits per heavy atom. The van der Waals surface area contributed by atoms with E-state index in [0.29, 0.717) is 6.04 Å². The fourth-order valence-electron chi connectivity index (χ4n) is 3.41. The van der Waals surface area contributed by atoms with Crippen LogP contribution in [0.15, 0.2) is 12.1 Å². The molecule has 120 valence electrons. The van der Waals surface area contributed by atoms with Crippen molar-refractivity contribution in [3.63, 3.8) is 0 Å². The largest absolute Gasteiger partial charge is 0.329 e. The first-order valence-corrected chi connectivity index (χ1v) is 9.51. The smallest absolute Gasteiger partial charge is 0.0566 e. The van der Waals surface area contributed by atoms with Crippen LogP contribution in [0.4, 0.5) is 0 Å². The molecule has 0 spiro atoms. The van der Waals surface area contributed by atoms with Crippen LogP contribution in [-0.2, 0) is 6.42 Å². The average molecular weight is 309 g/mol. The Morgan fingerprint density at radius 2 is 2.00 bits per heavy atom. The molecule has 1 heterocycles. The molecule has 0 aromatic carbocycles. The van der Waals surface area contributed by atoms with Crippen molar-refractivity contribution in [3.8, 4) is 0 Å². The maximum atomic E-state index is 6.20. The van der Waals surface area contributed by atoms with Gasteiger partial charge in [0.05, 0.1) is 6.04 Å². The first-order chi connectivity index (χ1) is 10.2. The van der Waals surface area contributed by atoms with Gasteiger partial charge in [-0.3, -0.25) is 4.90 Å². The summed E-state index contributed by atoms with van der Waals surface area (Å²) in [4.78, 5) is 5.70. The topological polar surface area (TPSA) is 29.3 Å². The van der Waals surface area contributed by atoms with E-state index in [1.54, 1.807) is 0 Å². The van der Waals surface area contributed by atoms with Crippen molar-refractivity contribution < 1.29 is 0 Å². The Balaban J connectivity index is 2.14. The summed E-state index contributed by atoms with van der Waals surface area (Å²) in [6, 6.07) is 5.79. The molecule has 1 aliphatic rings. The summed E-state index contributed by atoms with van der Waals surface area (Å²) in [6.45, 7) is 8.83. The molecule has 1 aromatic heterocycles. The third-order valence-corrected chi connectivity index (χ3v) is 6.07. The van der Waals surface area contributed by atoms with Gasteiger partial charge in [-0.25, -0.2) is 0 Å². The van der Waals surface area contributed by atoms with Crippen molar-refractivity contribution in [1.82, 2.24) is 4.90 Å². The van der Waals surface area contributed by atoms with Crippen molar-refractivity contribution in [2.45, 2.75) is 71.4 Å². The van der Waals surface area contributed by atoms with Gasteiger partial charge in [0.25, 0.3) is 0 Å². The maximum Gasteiger partial charge on any atom is 0.0566 e. The Hall–Kier alpha value is -0.380. The lowest BCUT2D eigenvalue weighted by atomic mass is 10.1. The molecule has 1 atom stereocenters. The van der Waals surface area contributed by atoms with Gasteiger partial charge in [0, 0.05) is 22.3 Å². The van der Waals surface area contributed by atoms with Gasteiger partial charge in [-0.2, -0.15) is 0 Å². The molecule has 3 heteroatoms. The zero-order chi connectivity index (χ0) is 15.2. The van der Waals surface area contributed by atoms with Gasteiger partial charge in [0.1, 0.15) is 0 Å². The summed E-state index contributed by atoms with van der Waals surface area (Å²) in [7, 11) is 0. The van der Waals surface area contributed by atoms with Crippen LogP contribution in [0.1, 0.15) is 68.7 Å². The minimum Gasteiger partial charge on any atom is -0.329 e. The minimum atomic E-state index is 0.428. The second-order valence-corrected chi connectivity index (χ2v) is 7.97. The zero-order valence-electron chi connectivity index (χ0n) is 14.0. The van der Waals surface area contributed by atoms with Gasteiger partial charge >= 0.3 is 0 Å². The van der Waals surface area contributed by atoms with E-state index in [9.17, 15) is 0 Å². The SMILES string of the molecule is CCc1ccc(C(CN)N(CCC(C)C)C2CCCC2)s1. The normalized spacial score (nSPS) is 18.0. The average Bonchev–Trinajstić information content (AvgIpc) is 3.13. The van der Waals surface area contributed by atoms with E-state index in [-0.39, 0.29) is 0 Å². The van der Waals surface area contributed by atoms with Crippen molar-refractivity contribution in [1.29, 1.82) is 0 Å². The number of rotatable bonds is 8. The second-order valence-electron chi connectivity index (χ2n) is 6.77. The molecule has 0 saturated heterocycles. The highest BCUT2D eigenvalue weighted by Gasteiger charge is 2.29. The van der Waals surface area contributed by atoms with Crippen molar-refractivity contribution in [3.05, 3.63) is 21.9 Å². The number of nitrogens with two attached hydrogens (primary N) is 1. The lowest BCUT2D eigenvalue weighted by molar-refractivity contribution is 0.133. The van der Waals surface area contributed by atoms with Crippen molar-refractivity contribution in [2.24, 2.45) is 11.7 Å². The van der Waals surface area contributed by atoms with Crippen LogP contribution < -0.4 is 5.73 Å². The first-order valence-electron chi connectivity index (χ1n) is 8.70. The third kappa shape index (κ3) is 4.54. The first kappa shape index (κ1) is 17.0. The molecule has 21 heavy (non-hydrogen) atoms. The summed E-state index contributed by atoms with van der Waals surface area (Å²) in [5.41, 5.74) is 6.20. The molecule has 1 aromatic rings. The lowest BCUT2D eigenvalue weighted by Crippen LogP contribution is -2.41. The van der Waals surface area contributed by atoms with Crippen molar-refractivity contribution >= 4 is 11.3 Å². The van der Waals surface area contributed by atoms with Gasteiger partial charge in [-0.15, -0.1) is 11.3 Å². The number of nitrogens with zero attached hydrogens (tertiary/aromatic N) is 1. The molecule has 2 nitrogen and oxygen atoms in total. The molecule has 0 radical (unpaired) electrons. The van der Waals surface area contributed by atoms with E-state index in [0.717, 1.165) is 24.9 Å². The summed E-state index contributed by atoms with van der Waals surface area (Å²) < 4.78 is 0. The predicted octanol–water partition coefficient (Wildman–Crippen LogP) is 4.60. The second kappa shape index (κ2) is 8.30. The molecule has 1 saturated carbocycles. The number of hydrogen-bond acceptors (Lipinski definition) is 3. The summed E-state index contributed by atoms with van der Waals surface area (Å²) in [5, 5.41) is 0. The molecular weight excluding hydrogens is 276 g/mol. The van der Waals surface area contributed by atoms with E-state index in [1.807, 2.05) is 11.3 Å². The Morgan fingerprint density at radius 1 is 1.29 bits per heavy atom. The van der Waals surface area contributed by atoms with Gasteiger partial charge in [-0.05, 0) is 50.3 Å². The van der Waals surface area contributed by atoms with E-state index >= 15 is 0 Å². The quantitative estimate of drug-likeness (QED) is 0.760. The van der Waals surface area contributed by atoms with Crippen LogP contribution in [0.25, 0.3) is 0 Å². The van der Waals surface area contributed by atoms with Crippen LogP contribution in [-0.4, -0.2) is 24.0 Å². The van der Waals surface area contributed by atoms with Crippen LogP contribution in [0.3, 0.4) is 0 Å². The molecule has 2 rings (SSSR count). The van der Waals surface area contributed by atoms with Gasteiger partial charge in [-0.1, -0.05) is 33.6 Å². The van der Waals surface area contributed by atoms with E-state index < -0.39 is 0 Å². The fourth-order valence-corrected chi connectivity index (χ4v) is 4.50. The van der Waals surface area contributed by atoms with Crippen molar-refractivity contribution in [2.75, 3.05) is 13.1 Å². The standard InChI is InChI=1S/C18H32N2S/c1-4-16-9-10-18(21-16)17(13-19)20(12-11-14(2)3)15-7-5-6-8-15/h9-10,14-15,17H,4-8,11-13,19H2,1-3H3. The highest BCUT2D eigenvalue weighted by molar-refractivity contribution is 7.12. The lowest BCUT2D eigenvalue weighted by Gasteiger charge is -2.36. The third-order valence-electron chi connectivity index (χ3n) is 4.74. The number of hydrogen-bond donors (Lipinski definition) is 1. The molecule has 1 unspecified atom stereocenters. The molecule has 1 fully saturated rings. The molecule has 0 amide bonds. The van der Waals surface area contributed by atoms with E-state index in [1.165, 1.54) is 48.4 Å². The Bertz CT molecular complexity index is 407. The Labute approximate surface area is 134 Å². The van der Waals surface area contributed by atoms with Gasteiger partial charge in [0.15, 0.2) is 0 Å². The molecule has 1 aliphatic carbocycles. The number of aryl methyl sites for hydroxylation is 1. The Kier molecular flexibility index (Phi) is 6.72. The molecule has 2 N–H and O–H groups in total. The van der Waals surface area contributed by atoms with Gasteiger partial charge in [0.2, 0.25) is 0 Å². The van der Waals surface area contributed by atoms with E-state index in [4.69, 9.17) is 5.73 Å². The molecule has 0 aliphatic heterocycles. The van der Waals surface area contributed by atoms with Crippen LogP contribution >= 0.6 is 11.3 Å². The predicted molar refractivity (Wildman–Crippen MR) is 93.9 cm³/mol. The monoisotopic (exact) mass is 308 g/mol. The van der Waals surface area contributed by atoms with Crippen LogP contribution in [0.2, 0.25) is 0 Å². The summed E-state index contributed by atoms with van der Waals surface area (Å²) in [6.07, 6.45) is 7.92. The highest BCUT2D eigenvalue weighted by Crippen LogP contribution is 2.34. The maximum absolute atomic E-state index is 6.20. The molecule has 0 bridgehead atoms. The highest BCUT2D eigenvalue weighted by atomic mass is 32.1. The molecular formula is C18H32N2S. The van der Waals surface area contributed by atoms with E-state index in [2.05, 4.69) is 37.8 Å². The van der Waals surface area contributed by atoms with Gasteiger partial charge < -0.3 is 5.73 Å². The fraction of sp³-hybridized carbons (Fsp3) is 0.778. The van der Waals surface area contributed by atoms with Crippen LogP contribution in [0, 0.1) is 5.92 Å².